The second-order valence-electron chi connectivity index (χ2n) is 6.72. The molecule has 1 atom stereocenters. The molecule has 1 heterocycles. The number of ketones is 1. The molecule has 1 aliphatic heterocycles. The number of rotatable bonds is 9. The predicted molar refractivity (Wildman–Crippen MR) is 106 cm³/mol. The van der Waals surface area contributed by atoms with Gasteiger partial charge in [0.15, 0.2) is 12.4 Å². The van der Waals surface area contributed by atoms with Crippen molar-refractivity contribution in [2.24, 2.45) is 0 Å². The van der Waals surface area contributed by atoms with E-state index < -0.39 is 5.97 Å². The highest BCUT2D eigenvalue weighted by atomic mass is 16.5. The summed E-state index contributed by atoms with van der Waals surface area (Å²) in [7, 11) is 1.59. The van der Waals surface area contributed by atoms with Crippen molar-refractivity contribution in [1.82, 2.24) is 0 Å². The maximum Gasteiger partial charge on any atom is 0.306 e. The van der Waals surface area contributed by atoms with Gasteiger partial charge in [-0.3, -0.25) is 14.4 Å². The van der Waals surface area contributed by atoms with Crippen molar-refractivity contribution in [3.63, 3.8) is 0 Å². The van der Waals surface area contributed by atoms with E-state index in [9.17, 15) is 14.4 Å². The Labute approximate surface area is 169 Å². The van der Waals surface area contributed by atoms with Gasteiger partial charge in [0, 0.05) is 17.7 Å². The summed E-state index contributed by atoms with van der Waals surface area (Å²) in [5.41, 5.74) is 1.92. The molecule has 0 bridgehead atoms. The van der Waals surface area contributed by atoms with Gasteiger partial charge in [0.2, 0.25) is 5.91 Å². The molecule has 152 valence electrons. The molecule has 0 unspecified atom stereocenters. The van der Waals surface area contributed by atoms with E-state index in [-0.39, 0.29) is 30.6 Å². The molecule has 29 heavy (non-hydrogen) atoms. The van der Waals surface area contributed by atoms with Crippen LogP contribution in [0.5, 0.6) is 11.5 Å². The third-order valence-electron chi connectivity index (χ3n) is 4.71. The monoisotopic (exact) mass is 397 g/mol. The minimum Gasteiger partial charge on any atom is -0.497 e. The molecule has 0 fully saturated rings. The first-order valence-corrected chi connectivity index (χ1v) is 9.38. The van der Waals surface area contributed by atoms with Crippen LogP contribution in [-0.2, 0) is 14.3 Å². The molecule has 0 saturated carbocycles. The maximum atomic E-state index is 12.3. The number of Topliss-reactive ketones (excluding diaryl/α,β-unsaturated/α-hetero) is 1. The fourth-order valence-electron chi connectivity index (χ4n) is 2.97. The summed E-state index contributed by atoms with van der Waals surface area (Å²) in [6, 6.07) is 12.2. The molecule has 0 saturated heterocycles. The van der Waals surface area contributed by atoms with Crippen LogP contribution in [0.25, 0.3) is 0 Å². The van der Waals surface area contributed by atoms with Gasteiger partial charge in [0.1, 0.15) is 11.5 Å². The van der Waals surface area contributed by atoms with E-state index in [1.54, 1.807) is 56.5 Å². The Morgan fingerprint density at radius 2 is 1.79 bits per heavy atom. The van der Waals surface area contributed by atoms with Gasteiger partial charge in [0.25, 0.3) is 0 Å². The van der Waals surface area contributed by atoms with Crippen LogP contribution in [-0.4, -0.2) is 38.0 Å². The lowest BCUT2D eigenvalue weighted by Crippen LogP contribution is -2.15. The molecule has 7 nitrogen and oxygen atoms in total. The van der Waals surface area contributed by atoms with Crippen molar-refractivity contribution in [3.05, 3.63) is 53.6 Å². The van der Waals surface area contributed by atoms with Crippen molar-refractivity contribution < 1.29 is 28.6 Å². The number of carbonyl (C=O) groups excluding carboxylic acids is 3. The summed E-state index contributed by atoms with van der Waals surface area (Å²) in [6.07, 6.45) is 0.631. The van der Waals surface area contributed by atoms with Crippen molar-refractivity contribution in [1.29, 1.82) is 0 Å². The molecule has 7 heteroatoms. The van der Waals surface area contributed by atoms with Crippen LogP contribution in [0, 0.1) is 0 Å². The average Bonchev–Trinajstić information content (AvgIpc) is 3.03. The van der Waals surface area contributed by atoms with Crippen molar-refractivity contribution in [2.75, 3.05) is 25.6 Å². The highest BCUT2D eigenvalue weighted by Gasteiger charge is 2.27. The number of hydrogen-bond donors (Lipinski definition) is 1. The van der Waals surface area contributed by atoms with Crippen LogP contribution in [0.4, 0.5) is 5.69 Å². The Morgan fingerprint density at radius 3 is 2.52 bits per heavy atom. The van der Waals surface area contributed by atoms with E-state index in [0.29, 0.717) is 30.0 Å². The SMILES string of the molecule is COc1ccc(OCCCC(=O)OCC(=O)c2ccc3c(c2)[C@H](C)C(=O)N3)cc1. The van der Waals surface area contributed by atoms with E-state index in [4.69, 9.17) is 14.2 Å². The fraction of sp³-hybridized carbons (Fsp3) is 0.318. The first-order valence-electron chi connectivity index (χ1n) is 9.38. The Kier molecular flexibility index (Phi) is 6.49. The zero-order valence-electron chi connectivity index (χ0n) is 16.4. The molecule has 0 spiro atoms. The number of amides is 1. The Balaban J connectivity index is 1.39. The number of esters is 1. The molecule has 3 rings (SSSR count). The summed E-state index contributed by atoms with van der Waals surface area (Å²) < 4.78 is 15.7. The number of carbonyl (C=O) groups is 3. The summed E-state index contributed by atoms with van der Waals surface area (Å²) in [6.45, 7) is 1.81. The van der Waals surface area contributed by atoms with Crippen molar-refractivity contribution in [3.8, 4) is 11.5 Å². The van der Waals surface area contributed by atoms with E-state index in [0.717, 1.165) is 11.3 Å². The molecular weight excluding hydrogens is 374 g/mol. The molecule has 1 aliphatic rings. The average molecular weight is 397 g/mol. The number of methoxy groups -OCH3 is 1. The largest absolute Gasteiger partial charge is 0.497 e. The summed E-state index contributed by atoms with van der Waals surface area (Å²) in [4.78, 5) is 35.8. The lowest BCUT2D eigenvalue weighted by Gasteiger charge is -2.08. The van der Waals surface area contributed by atoms with Crippen molar-refractivity contribution in [2.45, 2.75) is 25.7 Å². The van der Waals surface area contributed by atoms with Gasteiger partial charge >= 0.3 is 5.97 Å². The molecule has 1 amide bonds. The maximum absolute atomic E-state index is 12.3. The fourth-order valence-corrected chi connectivity index (χ4v) is 2.97. The Bertz CT molecular complexity index is 906. The summed E-state index contributed by atoms with van der Waals surface area (Å²) in [5, 5.41) is 2.76. The van der Waals surface area contributed by atoms with Gasteiger partial charge in [0.05, 0.1) is 19.6 Å². The molecule has 0 aromatic heterocycles. The second kappa shape index (κ2) is 9.23. The van der Waals surface area contributed by atoms with Crippen LogP contribution in [0.1, 0.15) is 41.6 Å². The highest BCUT2D eigenvalue weighted by Crippen LogP contribution is 2.32. The summed E-state index contributed by atoms with van der Waals surface area (Å²) >= 11 is 0. The van der Waals surface area contributed by atoms with Gasteiger partial charge in [-0.1, -0.05) is 0 Å². The van der Waals surface area contributed by atoms with Gasteiger partial charge in [-0.05, 0) is 61.4 Å². The molecule has 1 N–H and O–H groups in total. The zero-order chi connectivity index (χ0) is 20.8. The molecule has 2 aromatic carbocycles. The third kappa shape index (κ3) is 5.13. The normalized spacial score (nSPS) is 14.7. The first-order chi connectivity index (χ1) is 14.0. The highest BCUT2D eigenvalue weighted by molar-refractivity contribution is 6.05. The van der Waals surface area contributed by atoms with Crippen LogP contribution in [0.3, 0.4) is 0 Å². The standard InChI is InChI=1S/C22H23NO6/c1-14-18-12-15(5-10-19(18)23-22(14)26)20(24)13-29-21(25)4-3-11-28-17-8-6-16(27-2)7-9-17/h5-10,12,14H,3-4,11,13H2,1-2H3,(H,23,26)/t14-/m0/s1. The number of fused-ring (bicyclic) bond motifs is 1. The first kappa shape index (κ1) is 20.4. The second-order valence-corrected chi connectivity index (χ2v) is 6.72. The molecular formula is C22H23NO6. The van der Waals surface area contributed by atoms with Gasteiger partial charge in [-0.25, -0.2) is 0 Å². The Morgan fingerprint density at radius 1 is 1.07 bits per heavy atom. The number of nitrogens with one attached hydrogen (secondary N) is 1. The predicted octanol–water partition coefficient (Wildman–Crippen LogP) is 3.34. The zero-order valence-corrected chi connectivity index (χ0v) is 16.4. The van der Waals surface area contributed by atoms with Gasteiger partial charge in [-0.15, -0.1) is 0 Å². The van der Waals surface area contributed by atoms with Crippen molar-refractivity contribution >= 4 is 23.3 Å². The van der Waals surface area contributed by atoms with E-state index >= 15 is 0 Å². The van der Waals surface area contributed by atoms with Crippen LogP contribution >= 0.6 is 0 Å². The number of anilines is 1. The smallest absolute Gasteiger partial charge is 0.306 e. The number of benzene rings is 2. The van der Waals surface area contributed by atoms with Crippen LogP contribution in [0.15, 0.2) is 42.5 Å². The Hall–Kier alpha value is -3.35. The molecule has 2 aromatic rings. The lowest BCUT2D eigenvalue weighted by atomic mass is 9.99. The molecule has 0 aliphatic carbocycles. The van der Waals surface area contributed by atoms with E-state index in [2.05, 4.69) is 5.32 Å². The quantitative estimate of drug-likeness (QED) is 0.396. The molecule has 0 radical (unpaired) electrons. The van der Waals surface area contributed by atoms with Gasteiger partial charge in [-0.2, -0.15) is 0 Å². The van der Waals surface area contributed by atoms with Gasteiger partial charge < -0.3 is 19.5 Å². The van der Waals surface area contributed by atoms with Crippen LogP contribution < -0.4 is 14.8 Å². The third-order valence-corrected chi connectivity index (χ3v) is 4.71. The minimum atomic E-state index is -0.456. The number of hydrogen-bond acceptors (Lipinski definition) is 6. The van der Waals surface area contributed by atoms with E-state index in [1.165, 1.54) is 0 Å². The van der Waals surface area contributed by atoms with E-state index in [1.807, 2.05) is 0 Å². The number of ether oxygens (including phenoxy) is 3. The topological polar surface area (TPSA) is 90.9 Å². The minimum absolute atomic E-state index is 0.0899. The lowest BCUT2D eigenvalue weighted by molar-refractivity contribution is -0.142. The van der Waals surface area contributed by atoms with Crippen LogP contribution in [0.2, 0.25) is 0 Å². The summed E-state index contributed by atoms with van der Waals surface area (Å²) in [5.74, 6) is 0.281.